The van der Waals surface area contributed by atoms with Crippen molar-refractivity contribution in [2.45, 2.75) is 20.5 Å². The van der Waals surface area contributed by atoms with Gasteiger partial charge >= 0.3 is 0 Å². The van der Waals surface area contributed by atoms with Crippen molar-refractivity contribution in [3.05, 3.63) is 62.1 Å². The molecule has 0 fully saturated rings. The molecule has 154 valence electrons. The number of ether oxygens (including phenoxy) is 2. The molecule has 0 heterocycles. The van der Waals surface area contributed by atoms with Crippen molar-refractivity contribution in [3.63, 3.8) is 0 Å². The highest BCUT2D eigenvalue weighted by atomic mass is 79.9. The minimum Gasteiger partial charge on any atom is -0.490 e. The van der Waals surface area contributed by atoms with E-state index in [0.717, 1.165) is 10.0 Å². The predicted molar refractivity (Wildman–Crippen MR) is 120 cm³/mol. The van der Waals surface area contributed by atoms with Gasteiger partial charge in [0.05, 0.1) is 17.7 Å². The lowest BCUT2D eigenvalue weighted by atomic mass is 10.2. The van der Waals surface area contributed by atoms with Gasteiger partial charge in [-0.1, -0.05) is 12.1 Å². The van der Waals surface area contributed by atoms with Gasteiger partial charge in [0.15, 0.2) is 16.6 Å². The van der Waals surface area contributed by atoms with E-state index >= 15 is 0 Å². The third-order valence-electron chi connectivity index (χ3n) is 3.59. The summed E-state index contributed by atoms with van der Waals surface area (Å²) in [5.74, 6) is 1.05. The van der Waals surface area contributed by atoms with Crippen molar-refractivity contribution in [2.24, 2.45) is 5.10 Å². The third kappa shape index (κ3) is 6.99. The van der Waals surface area contributed by atoms with Crippen LogP contribution < -0.4 is 20.2 Å². The number of hydrazone groups is 1. The van der Waals surface area contributed by atoms with E-state index < -0.39 is 4.92 Å². The summed E-state index contributed by atoms with van der Waals surface area (Å²) in [6.07, 6.45) is 1.61. The Morgan fingerprint density at radius 3 is 2.72 bits per heavy atom. The Bertz CT molecular complexity index is 908. The molecule has 0 aliphatic heterocycles. The van der Waals surface area contributed by atoms with Gasteiger partial charge in [-0.25, -0.2) is 0 Å². The van der Waals surface area contributed by atoms with Crippen LogP contribution >= 0.6 is 28.1 Å². The molecular weight excluding hydrogens is 460 g/mol. The van der Waals surface area contributed by atoms with Crippen LogP contribution in [0.25, 0.3) is 0 Å². The summed E-state index contributed by atoms with van der Waals surface area (Å²) in [4.78, 5) is 10.5. The minimum atomic E-state index is -0.435. The monoisotopic (exact) mass is 480 g/mol. The zero-order chi connectivity index (χ0) is 21.2. The van der Waals surface area contributed by atoms with Crippen LogP contribution in [0.5, 0.6) is 11.5 Å². The molecule has 0 spiro atoms. The summed E-state index contributed by atoms with van der Waals surface area (Å²) in [6, 6.07) is 9.87. The SMILES string of the molecule is CCNC(=S)NN=Cc1cc(OCC)c(OCc2cccc([N+](=O)[O-])c2)cc1Br. The van der Waals surface area contributed by atoms with Gasteiger partial charge < -0.3 is 14.8 Å². The number of rotatable bonds is 9. The standard InChI is InChI=1S/C19H21BrN4O4S/c1-3-21-19(29)23-22-11-14-9-17(27-4-2)18(10-16(14)20)28-12-13-6-5-7-15(8-13)24(25)26/h5-11H,3-4,12H2,1-2H3,(H2,21,23,29). The van der Waals surface area contributed by atoms with Crippen LogP contribution in [0.15, 0.2) is 46.0 Å². The summed E-state index contributed by atoms with van der Waals surface area (Å²) in [5, 5.41) is 18.4. The van der Waals surface area contributed by atoms with Gasteiger partial charge in [0.2, 0.25) is 0 Å². The van der Waals surface area contributed by atoms with Gasteiger partial charge in [-0.3, -0.25) is 15.5 Å². The Morgan fingerprint density at radius 2 is 2.03 bits per heavy atom. The number of nitrogens with zero attached hydrogens (tertiary/aromatic N) is 2. The van der Waals surface area contributed by atoms with Gasteiger partial charge in [0.1, 0.15) is 6.61 Å². The molecule has 0 radical (unpaired) electrons. The Balaban J connectivity index is 2.16. The second-order valence-electron chi connectivity index (χ2n) is 5.70. The topological polar surface area (TPSA) is 98.0 Å². The molecule has 10 heteroatoms. The molecule has 8 nitrogen and oxygen atoms in total. The molecule has 0 aliphatic rings. The van der Waals surface area contributed by atoms with Crippen molar-refractivity contribution in [1.29, 1.82) is 0 Å². The fraction of sp³-hybridized carbons (Fsp3) is 0.263. The number of halogens is 1. The van der Waals surface area contributed by atoms with Crippen LogP contribution in [-0.2, 0) is 6.61 Å². The molecule has 0 unspecified atom stereocenters. The largest absolute Gasteiger partial charge is 0.490 e. The highest BCUT2D eigenvalue weighted by Gasteiger charge is 2.12. The molecule has 0 bridgehead atoms. The van der Waals surface area contributed by atoms with Gasteiger partial charge in [-0.15, -0.1) is 0 Å². The number of non-ortho nitro benzene ring substituents is 1. The fourth-order valence-electron chi connectivity index (χ4n) is 2.31. The number of benzene rings is 2. The van der Waals surface area contributed by atoms with Crippen LogP contribution in [0.1, 0.15) is 25.0 Å². The number of hydrogen-bond acceptors (Lipinski definition) is 6. The maximum atomic E-state index is 10.9. The molecule has 2 aromatic rings. The predicted octanol–water partition coefficient (Wildman–Crippen LogP) is 4.15. The lowest BCUT2D eigenvalue weighted by Gasteiger charge is -2.14. The molecule has 2 N–H and O–H groups in total. The first kappa shape index (κ1) is 22.6. The van der Waals surface area contributed by atoms with E-state index in [4.69, 9.17) is 21.7 Å². The van der Waals surface area contributed by atoms with Crippen molar-refractivity contribution in [2.75, 3.05) is 13.2 Å². The van der Waals surface area contributed by atoms with Gasteiger partial charge in [0, 0.05) is 28.7 Å². The van der Waals surface area contributed by atoms with E-state index in [1.165, 1.54) is 12.1 Å². The van der Waals surface area contributed by atoms with Crippen LogP contribution in [0.2, 0.25) is 0 Å². The van der Waals surface area contributed by atoms with Crippen molar-refractivity contribution in [3.8, 4) is 11.5 Å². The first-order valence-electron chi connectivity index (χ1n) is 8.84. The Morgan fingerprint density at radius 1 is 1.28 bits per heavy atom. The van der Waals surface area contributed by atoms with E-state index in [9.17, 15) is 10.1 Å². The number of thiocarbonyl (C=S) groups is 1. The molecule has 0 aromatic heterocycles. The number of nitro groups is 1. The van der Waals surface area contributed by atoms with Crippen molar-refractivity contribution in [1.82, 2.24) is 10.7 Å². The minimum absolute atomic E-state index is 0.0202. The molecule has 0 saturated heterocycles. The molecule has 0 saturated carbocycles. The average molecular weight is 481 g/mol. The van der Waals surface area contributed by atoms with Crippen molar-refractivity contribution < 1.29 is 14.4 Å². The van der Waals surface area contributed by atoms with Crippen molar-refractivity contribution >= 4 is 45.2 Å². The number of nitrogens with one attached hydrogen (secondary N) is 2. The zero-order valence-electron chi connectivity index (χ0n) is 16.0. The molecular formula is C19H21BrN4O4S. The Labute approximate surface area is 182 Å². The van der Waals surface area contributed by atoms with Crippen LogP contribution in [0.4, 0.5) is 5.69 Å². The number of nitro benzene ring substituents is 1. The van der Waals surface area contributed by atoms with E-state index in [-0.39, 0.29) is 12.3 Å². The van der Waals surface area contributed by atoms with E-state index in [1.807, 2.05) is 13.8 Å². The molecule has 2 rings (SSSR count). The lowest BCUT2D eigenvalue weighted by molar-refractivity contribution is -0.384. The Kier molecular flexibility index (Phi) is 8.81. The van der Waals surface area contributed by atoms with E-state index in [2.05, 4.69) is 31.8 Å². The van der Waals surface area contributed by atoms with Gasteiger partial charge in [-0.2, -0.15) is 5.10 Å². The first-order chi connectivity index (χ1) is 13.9. The highest BCUT2D eigenvalue weighted by Crippen LogP contribution is 2.34. The van der Waals surface area contributed by atoms with E-state index in [0.29, 0.717) is 35.3 Å². The Hall–Kier alpha value is -2.72. The number of hydrogen-bond donors (Lipinski definition) is 2. The maximum Gasteiger partial charge on any atom is 0.269 e. The quantitative estimate of drug-likeness (QED) is 0.240. The summed E-state index contributed by atoms with van der Waals surface area (Å²) in [7, 11) is 0. The summed E-state index contributed by atoms with van der Waals surface area (Å²) in [5.41, 5.74) is 4.20. The third-order valence-corrected chi connectivity index (χ3v) is 4.51. The molecule has 2 aromatic carbocycles. The smallest absolute Gasteiger partial charge is 0.269 e. The molecule has 0 atom stereocenters. The second kappa shape index (κ2) is 11.3. The highest BCUT2D eigenvalue weighted by molar-refractivity contribution is 9.10. The van der Waals surface area contributed by atoms with Gasteiger partial charge in [-0.05, 0) is 59.7 Å². The van der Waals surface area contributed by atoms with Gasteiger partial charge in [0.25, 0.3) is 5.69 Å². The van der Waals surface area contributed by atoms with E-state index in [1.54, 1.807) is 30.5 Å². The summed E-state index contributed by atoms with van der Waals surface area (Å²) in [6.45, 7) is 5.13. The van der Waals surface area contributed by atoms with Crippen LogP contribution in [0, 0.1) is 10.1 Å². The fourth-order valence-corrected chi connectivity index (χ4v) is 2.93. The molecule has 29 heavy (non-hydrogen) atoms. The normalized spacial score (nSPS) is 10.6. The molecule has 0 aliphatic carbocycles. The average Bonchev–Trinajstić information content (AvgIpc) is 2.69. The first-order valence-corrected chi connectivity index (χ1v) is 10.0. The van der Waals surface area contributed by atoms with Crippen LogP contribution in [0.3, 0.4) is 0 Å². The lowest BCUT2D eigenvalue weighted by Crippen LogP contribution is -2.31. The molecule has 0 amide bonds. The summed E-state index contributed by atoms with van der Waals surface area (Å²) < 4.78 is 12.3. The second-order valence-corrected chi connectivity index (χ2v) is 6.96. The zero-order valence-corrected chi connectivity index (χ0v) is 18.4. The van der Waals surface area contributed by atoms with Crippen LogP contribution in [-0.4, -0.2) is 29.4 Å². The summed E-state index contributed by atoms with van der Waals surface area (Å²) >= 11 is 8.56. The maximum absolute atomic E-state index is 10.9.